The number of nitrogens with one attached hydrogen (secondary N) is 1. The van der Waals surface area contributed by atoms with Crippen LogP contribution in [-0.2, 0) is 0 Å². The molecule has 1 heteroatoms. The molecule has 2 fully saturated rings. The summed E-state index contributed by atoms with van der Waals surface area (Å²) in [6, 6.07) is 0.821. The molecule has 0 aromatic heterocycles. The van der Waals surface area contributed by atoms with Gasteiger partial charge < -0.3 is 5.32 Å². The van der Waals surface area contributed by atoms with E-state index in [2.05, 4.69) is 26.1 Å². The summed E-state index contributed by atoms with van der Waals surface area (Å²) >= 11 is 0. The quantitative estimate of drug-likeness (QED) is 0.712. The van der Waals surface area contributed by atoms with Crippen LogP contribution in [0.1, 0.15) is 78.6 Å². The molecular weight excluding hydrogens is 230 g/mol. The van der Waals surface area contributed by atoms with E-state index in [4.69, 9.17) is 0 Å². The highest BCUT2D eigenvalue weighted by Crippen LogP contribution is 2.38. The zero-order valence-electron chi connectivity index (χ0n) is 13.5. The van der Waals surface area contributed by atoms with E-state index in [-0.39, 0.29) is 0 Å². The normalized spacial score (nSPS) is 30.9. The van der Waals surface area contributed by atoms with E-state index >= 15 is 0 Å². The number of hydrogen-bond acceptors (Lipinski definition) is 1. The Morgan fingerprint density at radius 2 is 1.47 bits per heavy atom. The average molecular weight is 265 g/mol. The van der Waals surface area contributed by atoms with E-state index in [1.165, 1.54) is 57.8 Å². The lowest BCUT2D eigenvalue weighted by atomic mass is 9.73. The molecule has 2 saturated carbocycles. The molecule has 1 atom stereocenters. The van der Waals surface area contributed by atoms with Gasteiger partial charge in [-0.1, -0.05) is 46.5 Å². The molecule has 2 aliphatic rings. The van der Waals surface area contributed by atoms with Crippen molar-refractivity contribution in [2.45, 2.75) is 84.6 Å². The Kier molecular flexibility index (Phi) is 6.19. The lowest BCUT2D eigenvalue weighted by molar-refractivity contribution is 0.175. The second kappa shape index (κ2) is 7.67. The minimum Gasteiger partial charge on any atom is -0.314 e. The molecule has 2 rings (SSSR count). The van der Waals surface area contributed by atoms with Crippen molar-refractivity contribution in [3.63, 3.8) is 0 Å². The minimum atomic E-state index is 0.821. The fourth-order valence-corrected chi connectivity index (χ4v) is 4.52. The van der Waals surface area contributed by atoms with Gasteiger partial charge in [0.15, 0.2) is 0 Å². The molecule has 1 nitrogen and oxygen atoms in total. The summed E-state index contributed by atoms with van der Waals surface area (Å²) in [4.78, 5) is 0. The predicted molar refractivity (Wildman–Crippen MR) is 84.3 cm³/mol. The van der Waals surface area contributed by atoms with Crippen LogP contribution in [0.3, 0.4) is 0 Å². The van der Waals surface area contributed by atoms with Crippen LogP contribution in [0.4, 0.5) is 0 Å². The van der Waals surface area contributed by atoms with Gasteiger partial charge in [0, 0.05) is 6.04 Å². The van der Waals surface area contributed by atoms with Gasteiger partial charge in [-0.15, -0.1) is 0 Å². The molecule has 19 heavy (non-hydrogen) atoms. The van der Waals surface area contributed by atoms with Gasteiger partial charge >= 0.3 is 0 Å². The van der Waals surface area contributed by atoms with Gasteiger partial charge in [0.2, 0.25) is 0 Å². The zero-order chi connectivity index (χ0) is 13.7. The summed E-state index contributed by atoms with van der Waals surface area (Å²) in [5.74, 6) is 3.90. The first-order valence-corrected chi connectivity index (χ1v) is 8.94. The Bertz CT molecular complexity index is 234. The van der Waals surface area contributed by atoms with Crippen molar-refractivity contribution in [1.82, 2.24) is 5.32 Å². The fraction of sp³-hybridized carbons (Fsp3) is 1.00. The SMILES string of the molecule is CCNC(CC1CCCC1)C1CCC(C(C)C)CC1. The average Bonchev–Trinajstić information content (AvgIpc) is 2.91. The van der Waals surface area contributed by atoms with Crippen LogP contribution in [0.5, 0.6) is 0 Å². The third-order valence-corrected chi connectivity index (χ3v) is 5.86. The van der Waals surface area contributed by atoms with Crippen molar-refractivity contribution in [3.05, 3.63) is 0 Å². The first kappa shape index (κ1) is 15.4. The molecule has 1 N–H and O–H groups in total. The largest absolute Gasteiger partial charge is 0.314 e. The second-order valence-corrected chi connectivity index (χ2v) is 7.47. The highest BCUT2D eigenvalue weighted by Gasteiger charge is 2.30. The standard InChI is InChI=1S/C18H35N/c1-4-19-18(13-15-7-5-6-8-15)17-11-9-16(10-12-17)14(2)3/h14-19H,4-13H2,1-3H3. The zero-order valence-corrected chi connectivity index (χ0v) is 13.5. The van der Waals surface area contributed by atoms with Crippen molar-refractivity contribution in [1.29, 1.82) is 0 Å². The highest BCUT2D eigenvalue weighted by atomic mass is 14.9. The predicted octanol–water partition coefficient (Wildman–Crippen LogP) is 5.01. The third kappa shape index (κ3) is 4.48. The van der Waals surface area contributed by atoms with Crippen LogP contribution in [0, 0.1) is 23.7 Å². The van der Waals surface area contributed by atoms with E-state index < -0.39 is 0 Å². The number of rotatable bonds is 6. The van der Waals surface area contributed by atoms with Crippen LogP contribution < -0.4 is 5.32 Å². The van der Waals surface area contributed by atoms with Gasteiger partial charge in [-0.25, -0.2) is 0 Å². The van der Waals surface area contributed by atoms with Crippen LogP contribution in [0.2, 0.25) is 0 Å². The van der Waals surface area contributed by atoms with Crippen molar-refractivity contribution in [3.8, 4) is 0 Å². The van der Waals surface area contributed by atoms with Gasteiger partial charge in [-0.05, 0) is 62.3 Å². The molecule has 112 valence electrons. The summed E-state index contributed by atoms with van der Waals surface area (Å²) in [7, 11) is 0. The molecular formula is C18H35N. The summed E-state index contributed by atoms with van der Waals surface area (Å²) < 4.78 is 0. The Hall–Kier alpha value is -0.0400. The second-order valence-electron chi connectivity index (χ2n) is 7.47. The van der Waals surface area contributed by atoms with Crippen LogP contribution in [0.15, 0.2) is 0 Å². The van der Waals surface area contributed by atoms with E-state index in [0.717, 1.165) is 36.3 Å². The van der Waals surface area contributed by atoms with Crippen LogP contribution in [0.25, 0.3) is 0 Å². The highest BCUT2D eigenvalue weighted by molar-refractivity contribution is 4.85. The maximum absolute atomic E-state index is 3.82. The van der Waals surface area contributed by atoms with Gasteiger partial charge in [-0.3, -0.25) is 0 Å². The lowest BCUT2D eigenvalue weighted by Crippen LogP contribution is -2.39. The van der Waals surface area contributed by atoms with Crippen LogP contribution in [-0.4, -0.2) is 12.6 Å². The monoisotopic (exact) mass is 265 g/mol. The molecule has 0 amide bonds. The third-order valence-electron chi connectivity index (χ3n) is 5.86. The molecule has 0 aliphatic heterocycles. The summed E-state index contributed by atoms with van der Waals surface area (Å²) in [5.41, 5.74) is 0. The molecule has 0 aromatic rings. The smallest absolute Gasteiger partial charge is 0.00978 e. The summed E-state index contributed by atoms with van der Waals surface area (Å²) in [6.45, 7) is 8.25. The van der Waals surface area contributed by atoms with E-state index in [0.29, 0.717) is 0 Å². The topological polar surface area (TPSA) is 12.0 Å². The lowest BCUT2D eigenvalue weighted by Gasteiger charge is -2.36. The fourth-order valence-electron chi connectivity index (χ4n) is 4.52. The van der Waals surface area contributed by atoms with E-state index in [1.807, 2.05) is 0 Å². The molecule has 0 aromatic carbocycles. The first-order valence-electron chi connectivity index (χ1n) is 8.94. The van der Waals surface area contributed by atoms with Crippen molar-refractivity contribution >= 4 is 0 Å². The Balaban J connectivity index is 1.81. The maximum Gasteiger partial charge on any atom is 0.00978 e. The first-order chi connectivity index (χ1) is 9.20. The van der Waals surface area contributed by atoms with Crippen molar-refractivity contribution in [2.24, 2.45) is 23.7 Å². The van der Waals surface area contributed by atoms with Crippen molar-refractivity contribution in [2.75, 3.05) is 6.54 Å². The number of hydrogen-bond donors (Lipinski definition) is 1. The Morgan fingerprint density at radius 1 is 0.895 bits per heavy atom. The molecule has 1 unspecified atom stereocenters. The molecule has 2 aliphatic carbocycles. The van der Waals surface area contributed by atoms with Gasteiger partial charge in [0.05, 0.1) is 0 Å². The molecule has 0 spiro atoms. The molecule has 0 saturated heterocycles. The van der Waals surface area contributed by atoms with E-state index in [9.17, 15) is 0 Å². The van der Waals surface area contributed by atoms with Gasteiger partial charge in [0.1, 0.15) is 0 Å². The summed E-state index contributed by atoms with van der Waals surface area (Å²) in [6.07, 6.45) is 13.4. The van der Waals surface area contributed by atoms with Gasteiger partial charge in [0.25, 0.3) is 0 Å². The minimum absolute atomic E-state index is 0.821. The molecule has 0 radical (unpaired) electrons. The van der Waals surface area contributed by atoms with Gasteiger partial charge in [-0.2, -0.15) is 0 Å². The molecule has 0 bridgehead atoms. The molecule has 0 heterocycles. The van der Waals surface area contributed by atoms with E-state index in [1.54, 1.807) is 0 Å². The van der Waals surface area contributed by atoms with Crippen molar-refractivity contribution < 1.29 is 0 Å². The maximum atomic E-state index is 3.82. The Labute approximate surface area is 120 Å². The van der Waals surface area contributed by atoms with Crippen LogP contribution >= 0.6 is 0 Å². The Morgan fingerprint density at radius 3 is 2.00 bits per heavy atom. The summed E-state index contributed by atoms with van der Waals surface area (Å²) in [5, 5.41) is 3.82.